The van der Waals surface area contributed by atoms with Crippen LogP contribution in [-0.2, 0) is 25.6 Å². The Morgan fingerprint density at radius 3 is 2.25 bits per heavy atom. The van der Waals surface area contributed by atoms with E-state index >= 15 is 0 Å². The van der Waals surface area contributed by atoms with Crippen LogP contribution in [0.3, 0.4) is 0 Å². The van der Waals surface area contributed by atoms with Crippen LogP contribution in [0.5, 0.6) is 0 Å². The predicted molar refractivity (Wildman–Crippen MR) is 189 cm³/mol. The molecule has 0 bridgehead atoms. The van der Waals surface area contributed by atoms with Gasteiger partial charge >= 0.3 is 17.5 Å². The lowest BCUT2D eigenvalue weighted by molar-refractivity contribution is -0.158. The fourth-order valence-electron chi connectivity index (χ4n) is 4.97. The Morgan fingerprint density at radius 1 is 0.904 bits per heavy atom. The van der Waals surface area contributed by atoms with E-state index in [1.165, 1.54) is 35.4 Å². The SMILES string of the molecule is CC(C)(C)OC(=O)CC[C@H](NC(=O)c1ccc(N(Cc2cnc3nc(N)[nH]c(=O)c3n2)n2c(N)nc(=O)c3nccnc32)cc1)C(=O)OC(C)(C)C. The highest BCUT2D eigenvalue weighted by molar-refractivity contribution is 5.97. The van der Waals surface area contributed by atoms with Crippen molar-refractivity contribution in [3.63, 3.8) is 0 Å². The third-order valence-corrected chi connectivity index (χ3v) is 7.04. The molecular weight excluding hydrogens is 676 g/mol. The molecule has 6 N–H and O–H groups in total. The van der Waals surface area contributed by atoms with Crippen molar-refractivity contribution >= 4 is 57.8 Å². The molecule has 0 saturated heterocycles. The van der Waals surface area contributed by atoms with Crippen LogP contribution in [0.25, 0.3) is 22.3 Å². The van der Waals surface area contributed by atoms with E-state index in [4.69, 9.17) is 20.9 Å². The molecule has 0 saturated carbocycles. The van der Waals surface area contributed by atoms with Crippen molar-refractivity contribution in [1.29, 1.82) is 0 Å². The van der Waals surface area contributed by atoms with Crippen molar-refractivity contribution in [2.75, 3.05) is 16.5 Å². The van der Waals surface area contributed by atoms with Gasteiger partial charge in [-0.05, 0) is 72.2 Å². The molecule has 0 aliphatic rings. The van der Waals surface area contributed by atoms with Gasteiger partial charge in [0.15, 0.2) is 22.3 Å². The molecule has 1 amide bonds. The summed E-state index contributed by atoms with van der Waals surface area (Å²) in [7, 11) is 0. The molecule has 4 heterocycles. The number of carbonyl (C=O) groups is 3. The average molecular weight is 715 g/mol. The average Bonchev–Trinajstić information content (AvgIpc) is 3.04. The summed E-state index contributed by atoms with van der Waals surface area (Å²) in [6.07, 6.45) is 3.89. The summed E-state index contributed by atoms with van der Waals surface area (Å²) in [6, 6.07) is 4.96. The molecule has 5 aromatic rings. The number of nitrogen functional groups attached to an aromatic ring is 2. The van der Waals surface area contributed by atoms with Crippen LogP contribution in [0, 0.1) is 0 Å². The fourth-order valence-corrected chi connectivity index (χ4v) is 4.97. The van der Waals surface area contributed by atoms with Crippen molar-refractivity contribution in [1.82, 2.24) is 44.9 Å². The number of hydrogen-bond acceptors (Lipinski definition) is 16. The zero-order valence-electron chi connectivity index (χ0n) is 29.3. The molecule has 1 atom stereocenters. The lowest BCUT2D eigenvalue weighted by Crippen LogP contribution is -2.44. The van der Waals surface area contributed by atoms with Gasteiger partial charge in [0, 0.05) is 24.4 Å². The number of H-pyrrole nitrogens is 1. The molecule has 5 rings (SSSR count). The fraction of sp³-hybridized carbons (Fsp3) is 0.364. The first-order valence-corrected chi connectivity index (χ1v) is 16.0. The number of fused-ring (bicyclic) bond motifs is 2. The lowest BCUT2D eigenvalue weighted by Gasteiger charge is -2.28. The Kier molecular flexibility index (Phi) is 10.2. The summed E-state index contributed by atoms with van der Waals surface area (Å²) >= 11 is 0. The van der Waals surface area contributed by atoms with Crippen LogP contribution >= 0.6 is 0 Å². The number of nitrogens with one attached hydrogen (secondary N) is 2. The monoisotopic (exact) mass is 714 g/mol. The highest BCUT2D eigenvalue weighted by atomic mass is 16.6. The molecule has 272 valence electrons. The van der Waals surface area contributed by atoms with Gasteiger partial charge in [0.25, 0.3) is 11.5 Å². The van der Waals surface area contributed by atoms with Crippen LogP contribution in [-0.4, -0.2) is 74.7 Å². The first-order valence-electron chi connectivity index (χ1n) is 16.0. The number of nitrogens with zero attached hydrogens (tertiary/aromatic N) is 8. The lowest BCUT2D eigenvalue weighted by atomic mass is 10.1. The molecule has 19 heteroatoms. The topological polar surface area (TPSA) is 269 Å². The van der Waals surface area contributed by atoms with Gasteiger partial charge in [-0.1, -0.05) is 0 Å². The molecule has 1 aromatic carbocycles. The van der Waals surface area contributed by atoms with Gasteiger partial charge in [-0.15, -0.1) is 0 Å². The molecule has 52 heavy (non-hydrogen) atoms. The second kappa shape index (κ2) is 14.4. The van der Waals surface area contributed by atoms with Gasteiger partial charge in [-0.3, -0.25) is 29.2 Å². The second-order valence-electron chi connectivity index (χ2n) is 13.6. The normalized spacial score (nSPS) is 12.3. The largest absolute Gasteiger partial charge is 0.460 e. The molecule has 0 aliphatic heterocycles. The summed E-state index contributed by atoms with van der Waals surface area (Å²) in [5, 5.41) is 4.21. The number of esters is 2. The minimum Gasteiger partial charge on any atom is -0.460 e. The van der Waals surface area contributed by atoms with E-state index in [0.29, 0.717) is 5.69 Å². The van der Waals surface area contributed by atoms with E-state index in [9.17, 15) is 24.0 Å². The number of aromatic nitrogens is 8. The highest BCUT2D eigenvalue weighted by Crippen LogP contribution is 2.23. The number of rotatable bonds is 10. The van der Waals surface area contributed by atoms with E-state index in [2.05, 4.69) is 40.2 Å². The number of amides is 1. The van der Waals surface area contributed by atoms with Gasteiger partial charge in [-0.2, -0.15) is 14.6 Å². The number of ether oxygens (including phenoxy) is 2. The van der Waals surface area contributed by atoms with Crippen LogP contribution in [0.2, 0.25) is 0 Å². The van der Waals surface area contributed by atoms with Gasteiger partial charge < -0.3 is 26.3 Å². The van der Waals surface area contributed by atoms with E-state index in [1.54, 1.807) is 58.7 Å². The molecular formula is C33H38N12O7. The van der Waals surface area contributed by atoms with Crippen molar-refractivity contribution < 1.29 is 23.9 Å². The smallest absolute Gasteiger partial charge is 0.329 e. The van der Waals surface area contributed by atoms with Crippen molar-refractivity contribution in [3.05, 3.63) is 74.8 Å². The van der Waals surface area contributed by atoms with Gasteiger partial charge in [0.1, 0.15) is 17.2 Å². The quantitative estimate of drug-likeness (QED) is 0.149. The Morgan fingerprint density at radius 2 is 1.58 bits per heavy atom. The third-order valence-electron chi connectivity index (χ3n) is 7.04. The molecule has 0 radical (unpaired) electrons. The number of anilines is 3. The zero-order chi connectivity index (χ0) is 38.0. The number of carbonyl (C=O) groups excluding carboxylic acids is 3. The summed E-state index contributed by atoms with van der Waals surface area (Å²) in [5.74, 6) is -2.23. The summed E-state index contributed by atoms with van der Waals surface area (Å²) in [5.41, 5.74) is 9.84. The second-order valence-corrected chi connectivity index (χ2v) is 13.6. The Bertz CT molecular complexity index is 2280. The first-order chi connectivity index (χ1) is 24.4. The van der Waals surface area contributed by atoms with E-state index in [-0.39, 0.29) is 64.9 Å². The molecule has 19 nitrogen and oxygen atoms in total. The standard InChI is InChI=1S/C33H38N12O7/c1-32(2,3)51-21(46)12-11-20(29(50)52-33(4,5)6)40-26(47)17-7-9-19(10-8-17)44(45-25-23(36-13-14-37-25)28(49)43-31(45)35)16-18-15-38-24-22(39-18)27(48)42-30(34)41-24/h7-10,13-15,20H,11-12,16H2,1-6H3,(H,40,47)(H2,35,43,49)(H3,34,38,41,42,48)/t20-/m0/s1. The molecule has 0 aliphatic carbocycles. The summed E-state index contributed by atoms with van der Waals surface area (Å²) in [6.45, 7) is 10.1. The van der Waals surface area contributed by atoms with Crippen molar-refractivity contribution in [2.45, 2.75) is 78.2 Å². The third kappa shape index (κ3) is 8.79. The number of aromatic amines is 1. The van der Waals surface area contributed by atoms with Crippen molar-refractivity contribution in [2.24, 2.45) is 0 Å². The van der Waals surface area contributed by atoms with Crippen LogP contribution in [0.1, 0.15) is 70.4 Å². The van der Waals surface area contributed by atoms with E-state index in [0.717, 1.165) is 0 Å². The molecule has 0 spiro atoms. The minimum atomic E-state index is -1.16. The molecule has 0 unspecified atom stereocenters. The molecule has 0 fully saturated rings. The number of benzene rings is 1. The van der Waals surface area contributed by atoms with Crippen LogP contribution in [0.15, 0.2) is 52.4 Å². The van der Waals surface area contributed by atoms with Crippen LogP contribution < -0.4 is 32.9 Å². The Hall–Kier alpha value is -6.53. The van der Waals surface area contributed by atoms with Crippen LogP contribution in [0.4, 0.5) is 17.6 Å². The Balaban J connectivity index is 1.49. The first kappa shape index (κ1) is 36.7. The predicted octanol–water partition coefficient (Wildman–Crippen LogP) is 1.41. The minimum absolute atomic E-state index is 0.0311. The Labute approximate surface area is 295 Å². The maximum Gasteiger partial charge on any atom is 0.329 e. The van der Waals surface area contributed by atoms with E-state index < -0.39 is 46.2 Å². The maximum atomic E-state index is 13.5. The van der Waals surface area contributed by atoms with Gasteiger partial charge in [0.2, 0.25) is 11.9 Å². The summed E-state index contributed by atoms with van der Waals surface area (Å²) in [4.78, 5) is 91.6. The van der Waals surface area contributed by atoms with Gasteiger partial charge in [-0.25, -0.2) is 24.7 Å². The van der Waals surface area contributed by atoms with E-state index in [1.807, 2.05) is 0 Å². The molecule has 4 aromatic heterocycles. The van der Waals surface area contributed by atoms with Crippen molar-refractivity contribution in [3.8, 4) is 0 Å². The number of hydrogen-bond donors (Lipinski definition) is 4. The summed E-state index contributed by atoms with van der Waals surface area (Å²) < 4.78 is 12.2. The maximum absolute atomic E-state index is 13.5. The number of nitrogens with two attached hydrogens (primary N) is 2. The zero-order valence-corrected chi connectivity index (χ0v) is 29.3. The highest BCUT2D eigenvalue weighted by Gasteiger charge is 2.29. The van der Waals surface area contributed by atoms with Gasteiger partial charge in [0.05, 0.1) is 24.1 Å².